The summed E-state index contributed by atoms with van der Waals surface area (Å²) < 4.78 is 12.2. The van der Waals surface area contributed by atoms with Crippen LogP contribution in [0.4, 0.5) is 4.79 Å². The second kappa shape index (κ2) is 12.3. The van der Waals surface area contributed by atoms with Gasteiger partial charge in [0.15, 0.2) is 0 Å². The Labute approximate surface area is 255 Å². The average molecular weight is 575 g/mol. The number of hydrogen-bond acceptors (Lipinski definition) is 5. The Morgan fingerprint density at radius 2 is 1.12 bits per heavy atom. The molecular weight excluding hydrogens is 520 g/mol. The van der Waals surface area contributed by atoms with E-state index in [1.54, 1.807) is 0 Å². The van der Waals surface area contributed by atoms with E-state index in [1.165, 1.54) is 25.5 Å². The summed E-state index contributed by atoms with van der Waals surface area (Å²) in [5, 5.41) is 8.16. The highest BCUT2D eigenvalue weighted by Crippen LogP contribution is 2.40. The molecule has 2 aromatic rings. The average Bonchev–Trinajstić information content (AvgIpc) is 2.85. The number of rotatable bonds is 5. The molecule has 1 fully saturated rings. The molecule has 0 bridgehead atoms. The molecule has 0 radical (unpaired) electrons. The highest BCUT2D eigenvalue weighted by molar-refractivity contribution is 5.88. The molecule has 3 rings (SSSR count). The second-order valence-electron chi connectivity index (χ2n) is 16.1. The van der Waals surface area contributed by atoms with Crippen molar-refractivity contribution in [2.24, 2.45) is 4.99 Å². The number of carbonyl (C=O) groups is 1. The van der Waals surface area contributed by atoms with Crippen LogP contribution in [0, 0.1) is 5.41 Å². The molecule has 0 spiro atoms. The molecule has 0 aromatic heterocycles. The van der Waals surface area contributed by atoms with E-state index in [-0.39, 0.29) is 21.7 Å². The van der Waals surface area contributed by atoms with E-state index in [0.717, 1.165) is 40.7 Å². The minimum absolute atomic E-state index is 0.0955. The number of ether oxygens (including phenoxy) is 2. The van der Waals surface area contributed by atoms with Crippen LogP contribution in [0.1, 0.15) is 149 Å². The highest BCUT2D eigenvalue weighted by Gasteiger charge is 2.30. The van der Waals surface area contributed by atoms with Crippen LogP contribution in [0.3, 0.4) is 0 Å². The van der Waals surface area contributed by atoms with Crippen molar-refractivity contribution >= 4 is 18.6 Å². The van der Waals surface area contributed by atoms with E-state index in [4.69, 9.17) is 19.9 Å². The summed E-state index contributed by atoms with van der Waals surface area (Å²) in [4.78, 5) is 18.6. The molecule has 0 heterocycles. The zero-order chi connectivity index (χ0) is 31.7. The van der Waals surface area contributed by atoms with Crippen molar-refractivity contribution in [3.63, 3.8) is 0 Å². The Bertz CT molecular complexity index is 1320. The standard InChI is InChI=1S/C37H54N2O3/c1-34(2,3)26-18-24(22-38)31(29(20-26)36(7,8)9)41-33(40)42-32-25(23-39-28-16-14-13-15-17-28)19-27(35(4,5)6)21-30(32)37(10,11)12/h18-23,28,38H,13-17H2,1-12H3. The zero-order valence-corrected chi connectivity index (χ0v) is 28.2. The maximum Gasteiger partial charge on any atom is 0.519 e. The molecule has 5 heteroatoms. The van der Waals surface area contributed by atoms with Gasteiger partial charge in [-0.1, -0.05) is 114 Å². The molecule has 1 N–H and O–H groups in total. The fraction of sp³-hybridized carbons (Fsp3) is 0.595. The van der Waals surface area contributed by atoms with Crippen LogP contribution in [0.25, 0.3) is 0 Å². The Morgan fingerprint density at radius 3 is 1.52 bits per heavy atom. The fourth-order valence-corrected chi connectivity index (χ4v) is 5.32. The molecule has 0 amide bonds. The summed E-state index contributed by atoms with van der Waals surface area (Å²) in [5.41, 5.74) is 4.56. The van der Waals surface area contributed by atoms with Crippen LogP contribution in [0.15, 0.2) is 29.3 Å². The molecule has 1 aliphatic carbocycles. The number of benzene rings is 2. The number of aliphatic imine (C=N–C) groups is 1. The lowest BCUT2D eigenvalue weighted by Gasteiger charge is -2.29. The topological polar surface area (TPSA) is 71.7 Å². The summed E-state index contributed by atoms with van der Waals surface area (Å²) in [6.07, 6.45) is 8.20. The minimum Gasteiger partial charge on any atom is -0.394 e. The van der Waals surface area contributed by atoms with Gasteiger partial charge >= 0.3 is 6.16 Å². The maximum atomic E-state index is 13.7. The SMILES string of the molecule is CC(C)(C)c1cc(C=N)c(OC(=O)Oc2c(C=NC3CCCCC3)cc(C(C)(C)C)cc2C(C)(C)C)c(C(C)(C)C)c1. The molecule has 1 aliphatic rings. The first-order valence-electron chi connectivity index (χ1n) is 15.5. The van der Waals surface area contributed by atoms with Crippen LogP contribution in [-0.4, -0.2) is 24.6 Å². The van der Waals surface area contributed by atoms with Crippen molar-refractivity contribution < 1.29 is 14.3 Å². The van der Waals surface area contributed by atoms with Crippen LogP contribution in [0.5, 0.6) is 11.5 Å². The number of nitrogens with one attached hydrogen (secondary N) is 1. The van der Waals surface area contributed by atoms with E-state index >= 15 is 0 Å². The first kappa shape index (κ1) is 33.6. The summed E-state index contributed by atoms with van der Waals surface area (Å²) in [7, 11) is 0. The van der Waals surface area contributed by atoms with Gasteiger partial charge in [0.25, 0.3) is 0 Å². The summed E-state index contributed by atoms with van der Waals surface area (Å²) in [6, 6.07) is 8.58. The highest BCUT2D eigenvalue weighted by atomic mass is 16.7. The Morgan fingerprint density at radius 1 is 0.690 bits per heavy atom. The van der Waals surface area contributed by atoms with Gasteiger partial charge in [0, 0.05) is 40.7 Å². The van der Waals surface area contributed by atoms with Gasteiger partial charge in [-0.25, -0.2) is 4.79 Å². The Hall–Kier alpha value is -2.95. The Kier molecular flexibility index (Phi) is 9.86. The molecule has 42 heavy (non-hydrogen) atoms. The van der Waals surface area contributed by atoms with Gasteiger partial charge in [0.05, 0.1) is 0 Å². The van der Waals surface area contributed by atoms with Gasteiger partial charge in [0.1, 0.15) is 11.5 Å². The molecule has 0 atom stereocenters. The molecule has 5 nitrogen and oxygen atoms in total. The minimum atomic E-state index is -0.812. The number of hydrogen-bond donors (Lipinski definition) is 1. The van der Waals surface area contributed by atoms with Gasteiger partial charge in [-0.3, -0.25) is 4.99 Å². The predicted octanol–water partition coefficient (Wildman–Crippen LogP) is 10.2. The van der Waals surface area contributed by atoms with Crippen molar-refractivity contribution in [2.45, 2.75) is 143 Å². The van der Waals surface area contributed by atoms with Crippen LogP contribution in [-0.2, 0) is 21.7 Å². The van der Waals surface area contributed by atoms with Crippen molar-refractivity contribution in [3.8, 4) is 11.5 Å². The summed E-state index contributed by atoms with van der Waals surface area (Å²) in [5.74, 6) is 0.858. The molecule has 0 saturated heterocycles. The first-order valence-corrected chi connectivity index (χ1v) is 15.5. The van der Waals surface area contributed by atoms with Crippen molar-refractivity contribution in [1.82, 2.24) is 0 Å². The third-order valence-corrected chi connectivity index (χ3v) is 8.11. The zero-order valence-electron chi connectivity index (χ0n) is 28.2. The van der Waals surface area contributed by atoms with E-state index in [2.05, 4.69) is 101 Å². The van der Waals surface area contributed by atoms with E-state index in [1.807, 2.05) is 12.3 Å². The lowest BCUT2D eigenvalue weighted by atomic mass is 9.79. The number of nitrogens with zero attached hydrogens (tertiary/aromatic N) is 1. The molecular formula is C37H54N2O3. The van der Waals surface area contributed by atoms with Gasteiger partial charge < -0.3 is 14.9 Å². The first-order chi connectivity index (χ1) is 19.2. The van der Waals surface area contributed by atoms with Crippen LogP contribution >= 0.6 is 0 Å². The molecule has 2 aromatic carbocycles. The lowest BCUT2D eigenvalue weighted by Crippen LogP contribution is -2.24. The van der Waals surface area contributed by atoms with Crippen LogP contribution in [0.2, 0.25) is 0 Å². The third kappa shape index (κ3) is 8.33. The molecule has 0 unspecified atom stereocenters. The molecule has 1 saturated carbocycles. The summed E-state index contributed by atoms with van der Waals surface area (Å²) in [6.45, 7) is 25.7. The van der Waals surface area contributed by atoms with E-state index in [9.17, 15) is 4.79 Å². The maximum absolute atomic E-state index is 13.7. The monoisotopic (exact) mass is 574 g/mol. The smallest absolute Gasteiger partial charge is 0.394 e. The van der Waals surface area contributed by atoms with Crippen molar-refractivity contribution in [3.05, 3.63) is 57.6 Å². The van der Waals surface area contributed by atoms with Crippen molar-refractivity contribution in [2.75, 3.05) is 0 Å². The normalized spacial score (nSPS) is 15.6. The van der Waals surface area contributed by atoms with E-state index in [0.29, 0.717) is 23.1 Å². The molecule has 0 aliphatic heterocycles. The van der Waals surface area contributed by atoms with Gasteiger partial charge in [-0.15, -0.1) is 0 Å². The predicted molar refractivity (Wildman–Crippen MR) is 177 cm³/mol. The van der Waals surface area contributed by atoms with Crippen molar-refractivity contribution in [1.29, 1.82) is 5.41 Å². The van der Waals surface area contributed by atoms with Gasteiger partial charge in [-0.05, 0) is 57.8 Å². The van der Waals surface area contributed by atoms with Crippen LogP contribution < -0.4 is 9.47 Å². The summed E-state index contributed by atoms with van der Waals surface area (Å²) >= 11 is 0. The third-order valence-electron chi connectivity index (χ3n) is 8.11. The van der Waals surface area contributed by atoms with Gasteiger partial charge in [0.2, 0.25) is 0 Å². The molecule has 230 valence electrons. The Balaban J connectivity index is 2.13. The fourth-order valence-electron chi connectivity index (χ4n) is 5.32. The van der Waals surface area contributed by atoms with E-state index < -0.39 is 6.16 Å². The number of carbonyl (C=O) groups excluding carboxylic acids is 1. The largest absolute Gasteiger partial charge is 0.519 e. The lowest BCUT2D eigenvalue weighted by molar-refractivity contribution is 0.150. The second-order valence-corrected chi connectivity index (χ2v) is 16.1. The quantitative estimate of drug-likeness (QED) is 0.219. The van der Waals surface area contributed by atoms with Gasteiger partial charge in [-0.2, -0.15) is 0 Å².